The monoisotopic (exact) mass is 304 g/mol. The van der Waals surface area contributed by atoms with Gasteiger partial charge in [-0.2, -0.15) is 0 Å². The van der Waals surface area contributed by atoms with Gasteiger partial charge in [-0.15, -0.1) is 0 Å². The van der Waals surface area contributed by atoms with E-state index in [1.807, 2.05) is 0 Å². The molecule has 0 saturated carbocycles. The summed E-state index contributed by atoms with van der Waals surface area (Å²) >= 11 is 7.32. The molecule has 2 nitrogen and oxygen atoms in total. The van der Waals surface area contributed by atoms with Crippen LogP contribution in [0.4, 0.5) is 0 Å². The first-order valence-corrected chi connectivity index (χ1v) is 8.57. The van der Waals surface area contributed by atoms with Crippen LogP contribution in [0, 0.1) is 11.8 Å². The second-order valence-electron chi connectivity index (χ2n) is 5.89. The molecule has 0 aliphatic carbocycles. The number of nitrogens with zero attached hydrogens (tertiary/aromatic N) is 2. The van der Waals surface area contributed by atoms with E-state index in [4.69, 9.17) is 17.2 Å². The van der Waals surface area contributed by atoms with Gasteiger partial charge < -0.3 is 4.90 Å². The summed E-state index contributed by atoms with van der Waals surface area (Å²) in [5, 5.41) is 0. The molecule has 0 amide bonds. The van der Waals surface area contributed by atoms with Gasteiger partial charge in [-0.05, 0) is 11.5 Å². The summed E-state index contributed by atoms with van der Waals surface area (Å²) < 4.78 is 1.00. The maximum Gasteiger partial charge on any atom is 0.142 e. The molecule has 0 aromatic heterocycles. The van der Waals surface area contributed by atoms with Crippen molar-refractivity contribution in [2.45, 2.75) is 32.9 Å². The molecule has 4 heteroatoms. The standard InChI is InChI=1S/C16H20N2S2/c1-10(2)13-9-20-16(19)18(13)15-11(3)14(17-15)12-7-5-4-6-8-12/h4-8,10-11,13-14H,9H2,1-3H3/t11-,13-,14+/m1/s1. The summed E-state index contributed by atoms with van der Waals surface area (Å²) in [6.07, 6.45) is 0. The Morgan fingerprint density at radius 3 is 2.60 bits per heavy atom. The third-order valence-corrected chi connectivity index (χ3v) is 5.72. The van der Waals surface area contributed by atoms with Crippen LogP contribution in [0.3, 0.4) is 0 Å². The highest BCUT2D eigenvalue weighted by Gasteiger charge is 2.42. The fourth-order valence-electron chi connectivity index (χ4n) is 2.92. The Balaban J connectivity index is 1.84. The minimum atomic E-state index is 0.299. The molecule has 1 fully saturated rings. The summed E-state index contributed by atoms with van der Waals surface area (Å²) in [6, 6.07) is 11.4. The van der Waals surface area contributed by atoms with Crippen molar-refractivity contribution in [1.82, 2.24) is 4.90 Å². The van der Waals surface area contributed by atoms with Crippen molar-refractivity contribution in [3.05, 3.63) is 35.9 Å². The van der Waals surface area contributed by atoms with Gasteiger partial charge >= 0.3 is 0 Å². The zero-order valence-corrected chi connectivity index (χ0v) is 13.7. The SMILES string of the molecule is CC(C)[C@H]1CSC(=S)N1C1=N[C@H](c2ccccc2)[C@H]1C. The molecule has 0 spiro atoms. The highest BCUT2D eigenvalue weighted by molar-refractivity contribution is 8.23. The number of amidine groups is 1. The van der Waals surface area contributed by atoms with Gasteiger partial charge in [0.15, 0.2) is 0 Å². The van der Waals surface area contributed by atoms with E-state index < -0.39 is 0 Å². The molecule has 1 aromatic carbocycles. The first-order chi connectivity index (χ1) is 9.59. The molecule has 1 aromatic rings. The molecule has 20 heavy (non-hydrogen) atoms. The van der Waals surface area contributed by atoms with Crippen molar-refractivity contribution in [3.63, 3.8) is 0 Å². The average Bonchev–Trinajstić information content (AvgIpc) is 2.81. The molecule has 2 aliphatic rings. The molecular weight excluding hydrogens is 284 g/mol. The van der Waals surface area contributed by atoms with Crippen LogP contribution in [0.25, 0.3) is 0 Å². The van der Waals surface area contributed by atoms with Crippen molar-refractivity contribution in [2.75, 3.05) is 5.75 Å². The molecule has 1 saturated heterocycles. The third kappa shape index (κ3) is 2.29. The normalized spacial score (nSPS) is 29.6. The van der Waals surface area contributed by atoms with Gasteiger partial charge in [0, 0.05) is 17.7 Å². The second-order valence-corrected chi connectivity index (χ2v) is 7.54. The van der Waals surface area contributed by atoms with Crippen molar-refractivity contribution in [3.8, 4) is 0 Å². The van der Waals surface area contributed by atoms with Crippen LogP contribution in [0.5, 0.6) is 0 Å². The number of benzene rings is 1. The Bertz CT molecular complexity index is 539. The minimum Gasteiger partial charge on any atom is -0.311 e. The van der Waals surface area contributed by atoms with Crippen LogP contribution in [-0.2, 0) is 0 Å². The van der Waals surface area contributed by atoms with Crippen molar-refractivity contribution in [1.29, 1.82) is 0 Å². The lowest BCUT2D eigenvalue weighted by molar-refractivity contribution is 0.343. The average molecular weight is 304 g/mol. The molecule has 0 N–H and O–H groups in total. The number of aliphatic imine (C=N–C) groups is 1. The lowest BCUT2D eigenvalue weighted by Crippen LogP contribution is -2.49. The predicted molar refractivity (Wildman–Crippen MR) is 91.3 cm³/mol. The molecule has 3 atom stereocenters. The first kappa shape index (κ1) is 14.1. The number of rotatable bonds is 2. The zero-order chi connectivity index (χ0) is 14.3. The van der Waals surface area contributed by atoms with E-state index in [9.17, 15) is 0 Å². The van der Waals surface area contributed by atoms with Gasteiger partial charge in [-0.3, -0.25) is 4.99 Å². The van der Waals surface area contributed by atoms with E-state index in [-0.39, 0.29) is 0 Å². The van der Waals surface area contributed by atoms with Crippen LogP contribution in [0.2, 0.25) is 0 Å². The molecule has 106 valence electrons. The third-order valence-electron chi connectivity index (χ3n) is 4.22. The molecule has 2 heterocycles. The quantitative estimate of drug-likeness (QED) is 0.764. The van der Waals surface area contributed by atoms with Gasteiger partial charge in [0.2, 0.25) is 0 Å². The Morgan fingerprint density at radius 1 is 1.30 bits per heavy atom. The van der Waals surface area contributed by atoms with E-state index in [1.54, 1.807) is 11.8 Å². The minimum absolute atomic E-state index is 0.299. The van der Waals surface area contributed by atoms with Crippen molar-refractivity contribution >= 4 is 34.1 Å². The Kier molecular flexibility index (Phi) is 3.87. The summed E-state index contributed by atoms with van der Waals surface area (Å²) in [7, 11) is 0. The largest absolute Gasteiger partial charge is 0.311 e. The topological polar surface area (TPSA) is 15.6 Å². The van der Waals surface area contributed by atoms with E-state index >= 15 is 0 Å². The van der Waals surface area contributed by atoms with E-state index in [1.165, 1.54) is 11.4 Å². The van der Waals surface area contributed by atoms with Gasteiger partial charge in [-0.25, -0.2) is 0 Å². The predicted octanol–water partition coefficient (Wildman–Crippen LogP) is 4.13. The Labute approximate surface area is 130 Å². The highest BCUT2D eigenvalue weighted by Crippen LogP contribution is 2.41. The van der Waals surface area contributed by atoms with Crippen LogP contribution in [0.15, 0.2) is 35.3 Å². The molecule has 2 aliphatic heterocycles. The number of thiocarbonyl (C=S) groups is 1. The van der Waals surface area contributed by atoms with Crippen molar-refractivity contribution in [2.24, 2.45) is 16.8 Å². The van der Waals surface area contributed by atoms with Gasteiger partial charge in [0.05, 0.1) is 6.04 Å². The van der Waals surface area contributed by atoms with E-state index in [0.29, 0.717) is 23.9 Å². The van der Waals surface area contributed by atoms with Gasteiger partial charge in [0.1, 0.15) is 10.2 Å². The molecule has 0 bridgehead atoms. The highest BCUT2D eigenvalue weighted by atomic mass is 32.2. The summed E-state index contributed by atoms with van der Waals surface area (Å²) in [5.41, 5.74) is 1.31. The molecule has 3 rings (SSSR count). The number of thioether (sulfide) groups is 1. The second kappa shape index (κ2) is 5.49. The van der Waals surface area contributed by atoms with Crippen LogP contribution in [-0.4, -0.2) is 26.9 Å². The fourth-order valence-corrected chi connectivity index (χ4v) is 4.56. The summed E-state index contributed by atoms with van der Waals surface area (Å²) in [6.45, 7) is 6.80. The summed E-state index contributed by atoms with van der Waals surface area (Å²) in [4.78, 5) is 7.19. The molecule has 0 radical (unpaired) electrons. The van der Waals surface area contributed by atoms with E-state index in [0.717, 1.165) is 10.1 Å². The van der Waals surface area contributed by atoms with Crippen molar-refractivity contribution < 1.29 is 0 Å². The number of hydrogen-bond acceptors (Lipinski definition) is 3. The lowest BCUT2D eigenvalue weighted by Gasteiger charge is -2.40. The summed E-state index contributed by atoms with van der Waals surface area (Å²) in [5.74, 6) is 3.34. The molecular formula is C16H20N2S2. The lowest BCUT2D eigenvalue weighted by atomic mass is 9.87. The van der Waals surface area contributed by atoms with Crippen LogP contribution >= 0.6 is 24.0 Å². The molecule has 0 unspecified atom stereocenters. The number of hydrogen-bond donors (Lipinski definition) is 0. The Hall–Kier alpha value is -0.870. The van der Waals surface area contributed by atoms with Gasteiger partial charge in [0.25, 0.3) is 0 Å². The maximum absolute atomic E-state index is 5.53. The smallest absolute Gasteiger partial charge is 0.142 e. The Morgan fingerprint density at radius 2 is 2.00 bits per heavy atom. The van der Waals surface area contributed by atoms with Crippen LogP contribution < -0.4 is 0 Å². The fraction of sp³-hybridized carbons (Fsp3) is 0.500. The first-order valence-electron chi connectivity index (χ1n) is 7.18. The zero-order valence-electron chi connectivity index (χ0n) is 12.1. The maximum atomic E-state index is 5.53. The van der Waals surface area contributed by atoms with Gasteiger partial charge in [-0.1, -0.05) is 75.1 Å². The van der Waals surface area contributed by atoms with E-state index in [2.05, 4.69) is 56.0 Å². The van der Waals surface area contributed by atoms with Crippen LogP contribution in [0.1, 0.15) is 32.4 Å².